The van der Waals surface area contributed by atoms with Gasteiger partial charge >= 0.3 is 0 Å². The molecule has 0 spiro atoms. The van der Waals surface area contributed by atoms with Crippen LogP contribution in [0.4, 0.5) is 4.39 Å². The van der Waals surface area contributed by atoms with Crippen LogP contribution in [-0.2, 0) is 4.79 Å². The Labute approximate surface area is 167 Å². The van der Waals surface area contributed by atoms with Crippen molar-refractivity contribution in [1.82, 2.24) is 15.5 Å². The molecule has 1 aromatic rings. The summed E-state index contributed by atoms with van der Waals surface area (Å²) in [6.45, 7) is 6.63. The molecule has 0 saturated carbocycles. The summed E-state index contributed by atoms with van der Waals surface area (Å²) < 4.78 is 13.7. The van der Waals surface area contributed by atoms with Crippen LogP contribution in [0.5, 0.6) is 0 Å². The van der Waals surface area contributed by atoms with E-state index in [1.165, 1.54) is 11.0 Å². The number of carbonyl (C=O) groups excluding carboxylic acids is 1. The van der Waals surface area contributed by atoms with Crippen LogP contribution in [0.25, 0.3) is 0 Å². The Bertz CT molecular complexity index is 578. The second-order valence-corrected chi connectivity index (χ2v) is 6.11. The highest BCUT2D eigenvalue weighted by Gasteiger charge is 2.11. The molecule has 2 N–H and O–H groups in total. The maximum absolute atomic E-state index is 13.7. The average Bonchev–Trinajstić information content (AvgIpc) is 2.54. The zero-order valence-corrected chi connectivity index (χ0v) is 18.1. The summed E-state index contributed by atoms with van der Waals surface area (Å²) in [5, 5.41) is 6.45. The van der Waals surface area contributed by atoms with Gasteiger partial charge in [0.05, 0.1) is 6.04 Å². The van der Waals surface area contributed by atoms with Gasteiger partial charge in [0.2, 0.25) is 5.91 Å². The van der Waals surface area contributed by atoms with Gasteiger partial charge in [-0.1, -0.05) is 25.5 Å². The number of aliphatic imine (C=N–C) groups is 1. The van der Waals surface area contributed by atoms with E-state index in [1.807, 2.05) is 13.0 Å². The van der Waals surface area contributed by atoms with Crippen molar-refractivity contribution in [1.29, 1.82) is 0 Å². The number of aryl methyl sites for hydroxylation is 1. The van der Waals surface area contributed by atoms with Gasteiger partial charge < -0.3 is 15.5 Å². The minimum Gasteiger partial charge on any atom is -0.356 e. The Kier molecular flexibility index (Phi) is 11.4. The number of amides is 1. The van der Waals surface area contributed by atoms with Crippen LogP contribution in [0.2, 0.25) is 0 Å². The normalized spacial score (nSPS) is 12.2. The lowest BCUT2D eigenvalue weighted by molar-refractivity contribution is -0.127. The third-order valence-electron chi connectivity index (χ3n) is 3.74. The number of likely N-dealkylation sites (N-methyl/N-ethyl adjacent to an activating group) is 1. The first-order chi connectivity index (χ1) is 11.3. The maximum Gasteiger partial charge on any atom is 0.243 e. The molecule has 0 aliphatic carbocycles. The molecule has 0 aliphatic heterocycles. The molecule has 0 saturated heterocycles. The maximum atomic E-state index is 13.7. The smallest absolute Gasteiger partial charge is 0.243 e. The summed E-state index contributed by atoms with van der Waals surface area (Å²) >= 11 is 0. The molecule has 7 heteroatoms. The van der Waals surface area contributed by atoms with Crippen LogP contribution in [0, 0.1) is 12.7 Å². The number of rotatable bonds is 7. The first-order valence-corrected chi connectivity index (χ1v) is 8.36. The van der Waals surface area contributed by atoms with Crippen LogP contribution in [0.1, 0.15) is 43.9 Å². The molecule has 25 heavy (non-hydrogen) atoms. The lowest BCUT2D eigenvalue weighted by Crippen LogP contribution is -2.40. The van der Waals surface area contributed by atoms with Crippen molar-refractivity contribution in [2.75, 3.05) is 27.2 Å². The van der Waals surface area contributed by atoms with Crippen LogP contribution in [0.15, 0.2) is 23.2 Å². The molecular weight excluding hydrogens is 434 g/mol. The van der Waals surface area contributed by atoms with Gasteiger partial charge in [0.1, 0.15) is 12.4 Å². The minimum absolute atomic E-state index is 0. The molecule has 142 valence electrons. The SMILES string of the molecule is CCCCNC(=NCC(=O)N(C)C)NC(C)c1ccc(C)c(F)c1.I. The van der Waals surface area contributed by atoms with E-state index in [2.05, 4.69) is 22.5 Å². The molecular formula is C18H30FIN4O. The minimum atomic E-state index is -0.221. The summed E-state index contributed by atoms with van der Waals surface area (Å²) in [4.78, 5) is 17.6. The third kappa shape index (κ3) is 8.51. The summed E-state index contributed by atoms with van der Waals surface area (Å²) in [6.07, 6.45) is 2.07. The van der Waals surface area contributed by atoms with E-state index in [-0.39, 0.29) is 48.3 Å². The van der Waals surface area contributed by atoms with Crippen LogP contribution in [0.3, 0.4) is 0 Å². The molecule has 5 nitrogen and oxygen atoms in total. The number of benzene rings is 1. The van der Waals surface area contributed by atoms with E-state index in [1.54, 1.807) is 27.1 Å². The van der Waals surface area contributed by atoms with Crippen LogP contribution in [-0.4, -0.2) is 44.0 Å². The number of guanidine groups is 1. The first-order valence-electron chi connectivity index (χ1n) is 8.36. The number of hydrogen-bond acceptors (Lipinski definition) is 2. The Balaban J connectivity index is 0.00000576. The summed E-state index contributed by atoms with van der Waals surface area (Å²) in [7, 11) is 3.40. The molecule has 0 radical (unpaired) electrons. The Hall–Kier alpha value is -1.38. The van der Waals surface area contributed by atoms with E-state index in [4.69, 9.17) is 0 Å². The fourth-order valence-corrected chi connectivity index (χ4v) is 1.99. The fourth-order valence-electron chi connectivity index (χ4n) is 1.99. The molecule has 1 atom stereocenters. The van der Waals surface area contributed by atoms with Crippen molar-refractivity contribution in [2.45, 2.75) is 39.7 Å². The highest BCUT2D eigenvalue weighted by molar-refractivity contribution is 14.0. The topological polar surface area (TPSA) is 56.7 Å². The lowest BCUT2D eigenvalue weighted by atomic mass is 10.1. The van der Waals surface area contributed by atoms with Gasteiger partial charge in [-0.3, -0.25) is 4.79 Å². The Morgan fingerprint density at radius 2 is 2.04 bits per heavy atom. The second kappa shape index (κ2) is 12.1. The predicted molar refractivity (Wildman–Crippen MR) is 112 cm³/mol. The Morgan fingerprint density at radius 1 is 1.36 bits per heavy atom. The van der Waals surface area contributed by atoms with Crippen molar-refractivity contribution in [2.24, 2.45) is 4.99 Å². The van der Waals surface area contributed by atoms with Crippen molar-refractivity contribution in [3.8, 4) is 0 Å². The van der Waals surface area contributed by atoms with Crippen molar-refractivity contribution in [3.05, 3.63) is 35.1 Å². The molecule has 0 heterocycles. The van der Waals surface area contributed by atoms with Gasteiger partial charge in [-0.05, 0) is 37.5 Å². The molecule has 0 aliphatic rings. The highest BCUT2D eigenvalue weighted by Crippen LogP contribution is 2.16. The van der Waals surface area contributed by atoms with E-state index < -0.39 is 0 Å². The molecule has 1 aromatic carbocycles. The number of nitrogens with zero attached hydrogens (tertiary/aromatic N) is 2. The van der Waals surface area contributed by atoms with Crippen molar-refractivity contribution >= 4 is 35.8 Å². The van der Waals surface area contributed by atoms with E-state index in [0.29, 0.717) is 11.5 Å². The number of halogens is 2. The number of carbonyl (C=O) groups is 1. The van der Waals surface area contributed by atoms with Gasteiger partial charge in [-0.15, -0.1) is 24.0 Å². The number of hydrogen-bond donors (Lipinski definition) is 2. The molecule has 1 amide bonds. The highest BCUT2D eigenvalue weighted by atomic mass is 127. The fraction of sp³-hybridized carbons (Fsp3) is 0.556. The quantitative estimate of drug-likeness (QED) is 0.282. The van der Waals surface area contributed by atoms with E-state index in [0.717, 1.165) is 24.9 Å². The third-order valence-corrected chi connectivity index (χ3v) is 3.74. The van der Waals surface area contributed by atoms with E-state index >= 15 is 0 Å². The standard InChI is InChI=1S/C18H29FN4O.HI/c1-6-7-10-20-18(21-12-17(24)23(4)5)22-14(3)15-9-8-13(2)16(19)11-15;/h8-9,11,14H,6-7,10,12H2,1-5H3,(H2,20,21,22);1H. The largest absolute Gasteiger partial charge is 0.356 e. The summed E-state index contributed by atoms with van der Waals surface area (Å²) in [6, 6.07) is 5.06. The molecule has 0 fully saturated rings. The van der Waals surface area contributed by atoms with Gasteiger partial charge in [-0.25, -0.2) is 9.38 Å². The second-order valence-electron chi connectivity index (χ2n) is 6.11. The first kappa shape index (κ1) is 23.6. The van der Waals surface area contributed by atoms with Gasteiger partial charge in [-0.2, -0.15) is 0 Å². The van der Waals surface area contributed by atoms with E-state index in [9.17, 15) is 9.18 Å². The predicted octanol–water partition coefficient (Wildman–Crippen LogP) is 3.24. The summed E-state index contributed by atoms with van der Waals surface area (Å²) in [5.41, 5.74) is 1.46. The lowest BCUT2D eigenvalue weighted by Gasteiger charge is -2.19. The zero-order valence-electron chi connectivity index (χ0n) is 15.7. The van der Waals surface area contributed by atoms with Crippen molar-refractivity contribution < 1.29 is 9.18 Å². The number of unbranched alkanes of at least 4 members (excludes halogenated alkanes) is 1. The molecule has 1 unspecified atom stereocenters. The van der Waals surface area contributed by atoms with Gasteiger partial charge in [0.25, 0.3) is 0 Å². The van der Waals surface area contributed by atoms with Gasteiger partial charge in [0, 0.05) is 20.6 Å². The average molecular weight is 464 g/mol. The number of nitrogens with one attached hydrogen (secondary N) is 2. The van der Waals surface area contributed by atoms with Crippen molar-refractivity contribution in [3.63, 3.8) is 0 Å². The monoisotopic (exact) mass is 464 g/mol. The molecule has 0 bridgehead atoms. The van der Waals surface area contributed by atoms with Crippen LogP contribution >= 0.6 is 24.0 Å². The Morgan fingerprint density at radius 3 is 2.60 bits per heavy atom. The zero-order chi connectivity index (χ0) is 18.1. The van der Waals surface area contributed by atoms with Crippen LogP contribution < -0.4 is 10.6 Å². The molecule has 1 rings (SSSR count). The van der Waals surface area contributed by atoms with Gasteiger partial charge in [0.15, 0.2) is 5.96 Å². The molecule has 0 aromatic heterocycles. The summed E-state index contributed by atoms with van der Waals surface area (Å²) in [5.74, 6) is 0.272.